The highest BCUT2D eigenvalue weighted by Crippen LogP contribution is 2.36. The third-order valence-electron chi connectivity index (χ3n) is 4.98. The molecule has 5 rings (SSSR count). The quantitative estimate of drug-likeness (QED) is 0.322. The van der Waals surface area contributed by atoms with Gasteiger partial charge < -0.3 is 18.5 Å². The highest BCUT2D eigenvalue weighted by Gasteiger charge is 2.17. The molecule has 0 N–H and O–H groups in total. The molecule has 4 heterocycles. The minimum absolute atomic E-state index is 0.198. The average Bonchev–Trinajstić information content (AvgIpc) is 3.50. The minimum Gasteiger partial charge on any atom is -0.454 e. The molecule has 12 heteroatoms. The molecule has 0 saturated carbocycles. The minimum atomic E-state index is -0.385. The van der Waals surface area contributed by atoms with Gasteiger partial charge in [0.25, 0.3) is 10.8 Å². The molecule has 1 aliphatic rings. The van der Waals surface area contributed by atoms with Gasteiger partial charge in [-0.1, -0.05) is 11.8 Å². The van der Waals surface area contributed by atoms with Crippen LogP contribution in [0.3, 0.4) is 0 Å². The molecule has 1 aromatic carbocycles. The van der Waals surface area contributed by atoms with Gasteiger partial charge >= 0.3 is 5.69 Å². The summed E-state index contributed by atoms with van der Waals surface area (Å²) < 4.78 is 20.6. The number of hydrogen-bond acceptors (Lipinski definition) is 9. The van der Waals surface area contributed by atoms with Gasteiger partial charge in [-0.2, -0.15) is 0 Å². The molecule has 1 aliphatic heterocycles. The van der Waals surface area contributed by atoms with Crippen LogP contribution >= 0.6 is 11.8 Å². The Balaban J connectivity index is 1.25. The molecule has 0 fully saturated rings. The van der Waals surface area contributed by atoms with Gasteiger partial charge in [-0.15, -0.1) is 10.2 Å². The molecule has 0 radical (unpaired) electrons. The highest BCUT2D eigenvalue weighted by atomic mass is 32.2. The van der Waals surface area contributed by atoms with Crippen LogP contribution in [0, 0.1) is 0 Å². The topological polar surface area (TPSA) is 119 Å². The molecule has 3 aromatic heterocycles. The average molecular weight is 442 g/mol. The van der Waals surface area contributed by atoms with E-state index in [1.807, 2.05) is 6.07 Å². The Kier molecular flexibility index (Phi) is 4.77. The number of ether oxygens (including phenoxy) is 2. The van der Waals surface area contributed by atoms with Gasteiger partial charge in [0.15, 0.2) is 22.7 Å². The van der Waals surface area contributed by atoms with E-state index in [0.29, 0.717) is 46.0 Å². The van der Waals surface area contributed by atoms with Gasteiger partial charge in [0.2, 0.25) is 12.7 Å². The standard InChI is InChI=1S/C19H18N6O5S/c1-23-9-20-15-14(23)17(26)25(19(27)24(15)2)6-3-7-31-18-22-21-16(30-18)11-4-5-12-13(8-11)29-10-28-12/h4-5,8-9H,3,6-7,10H2,1-2H3. The first-order valence-corrected chi connectivity index (χ1v) is 10.5. The van der Waals surface area contributed by atoms with Crippen molar-refractivity contribution in [1.29, 1.82) is 0 Å². The van der Waals surface area contributed by atoms with E-state index in [1.54, 1.807) is 30.8 Å². The van der Waals surface area contributed by atoms with Crippen molar-refractivity contribution < 1.29 is 13.9 Å². The van der Waals surface area contributed by atoms with E-state index in [4.69, 9.17) is 13.9 Å². The number of hydrogen-bond donors (Lipinski definition) is 0. The van der Waals surface area contributed by atoms with Gasteiger partial charge in [-0.3, -0.25) is 13.9 Å². The van der Waals surface area contributed by atoms with Crippen molar-refractivity contribution >= 4 is 22.9 Å². The van der Waals surface area contributed by atoms with E-state index in [1.165, 1.54) is 27.2 Å². The van der Waals surface area contributed by atoms with Gasteiger partial charge in [-0.25, -0.2) is 9.78 Å². The highest BCUT2D eigenvalue weighted by molar-refractivity contribution is 7.99. The molecule has 0 amide bonds. The molecule has 11 nitrogen and oxygen atoms in total. The smallest absolute Gasteiger partial charge is 0.332 e. The van der Waals surface area contributed by atoms with E-state index in [-0.39, 0.29) is 24.6 Å². The van der Waals surface area contributed by atoms with Crippen molar-refractivity contribution in [3.8, 4) is 23.0 Å². The molecule has 4 aromatic rings. The Labute approximate surface area is 179 Å². The van der Waals surface area contributed by atoms with Gasteiger partial charge in [0.05, 0.1) is 6.33 Å². The molecule has 0 unspecified atom stereocenters. The second kappa shape index (κ2) is 7.61. The zero-order valence-corrected chi connectivity index (χ0v) is 17.6. The summed E-state index contributed by atoms with van der Waals surface area (Å²) in [4.78, 5) is 29.4. The molecule has 31 heavy (non-hydrogen) atoms. The largest absolute Gasteiger partial charge is 0.454 e. The molecular weight excluding hydrogens is 424 g/mol. The summed E-state index contributed by atoms with van der Waals surface area (Å²) in [7, 11) is 3.34. The first-order valence-electron chi connectivity index (χ1n) is 9.50. The van der Waals surface area contributed by atoms with E-state index in [2.05, 4.69) is 15.2 Å². The number of benzene rings is 1. The maximum absolute atomic E-state index is 12.7. The number of imidazole rings is 1. The Morgan fingerprint density at radius 3 is 2.84 bits per heavy atom. The summed E-state index contributed by atoms with van der Waals surface area (Å²) >= 11 is 1.37. The van der Waals surface area contributed by atoms with Crippen LogP contribution in [0.4, 0.5) is 0 Å². The summed E-state index contributed by atoms with van der Waals surface area (Å²) in [5.41, 5.74) is 0.795. The Morgan fingerprint density at radius 1 is 1.13 bits per heavy atom. The molecule has 0 aliphatic carbocycles. The second-order valence-electron chi connectivity index (χ2n) is 6.97. The number of fused-ring (bicyclic) bond motifs is 2. The first-order chi connectivity index (χ1) is 15.0. The SMILES string of the molecule is Cn1cnc2c1c(=O)n(CCCSc1nnc(-c3ccc4c(c3)OCO4)o1)c(=O)n2C. The monoisotopic (exact) mass is 442 g/mol. The second-order valence-corrected chi connectivity index (χ2v) is 8.02. The van der Waals surface area contributed by atoms with Crippen LogP contribution in [0.15, 0.2) is 43.8 Å². The molecule has 160 valence electrons. The number of thioether (sulfide) groups is 1. The Hall–Kier alpha value is -3.54. The number of nitrogens with zero attached hydrogens (tertiary/aromatic N) is 6. The van der Waals surface area contributed by atoms with Crippen LogP contribution in [0.25, 0.3) is 22.6 Å². The van der Waals surface area contributed by atoms with Crippen LogP contribution in [0.2, 0.25) is 0 Å². The van der Waals surface area contributed by atoms with Crippen LogP contribution in [-0.4, -0.2) is 41.4 Å². The molecule has 0 atom stereocenters. The fourth-order valence-corrected chi connectivity index (χ4v) is 4.07. The summed E-state index contributed by atoms with van der Waals surface area (Å²) in [6.45, 7) is 0.478. The third-order valence-corrected chi connectivity index (χ3v) is 5.88. The predicted octanol–water partition coefficient (Wildman–Crippen LogP) is 1.39. The third kappa shape index (κ3) is 3.38. The van der Waals surface area contributed by atoms with Crippen molar-refractivity contribution in [3.05, 3.63) is 45.4 Å². The maximum Gasteiger partial charge on any atom is 0.332 e. The van der Waals surface area contributed by atoms with E-state index >= 15 is 0 Å². The number of aryl methyl sites for hydroxylation is 2. The van der Waals surface area contributed by atoms with E-state index in [9.17, 15) is 9.59 Å². The first kappa shape index (κ1) is 19.4. The van der Waals surface area contributed by atoms with Crippen molar-refractivity contribution in [2.75, 3.05) is 12.5 Å². The lowest BCUT2D eigenvalue weighted by Crippen LogP contribution is -2.39. The lowest BCUT2D eigenvalue weighted by atomic mass is 10.2. The van der Waals surface area contributed by atoms with Crippen molar-refractivity contribution in [2.45, 2.75) is 18.2 Å². The Bertz CT molecular complexity index is 1400. The Morgan fingerprint density at radius 2 is 1.97 bits per heavy atom. The molecular formula is C19H18N6O5S. The summed E-state index contributed by atoms with van der Waals surface area (Å²) in [6.07, 6.45) is 2.10. The molecule has 0 bridgehead atoms. The van der Waals surface area contributed by atoms with Gasteiger partial charge in [0, 0.05) is 32.0 Å². The predicted molar refractivity (Wildman–Crippen MR) is 111 cm³/mol. The fourth-order valence-electron chi connectivity index (χ4n) is 3.39. The van der Waals surface area contributed by atoms with Crippen LogP contribution in [0.5, 0.6) is 11.5 Å². The van der Waals surface area contributed by atoms with E-state index < -0.39 is 0 Å². The summed E-state index contributed by atoms with van der Waals surface area (Å²) in [5.74, 6) is 2.31. The van der Waals surface area contributed by atoms with Crippen LogP contribution in [0.1, 0.15) is 6.42 Å². The zero-order chi connectivity index (χ0) is 21.5. The normalized spacial score (nSPS) is 12.7. The lowest BCUT2D eigenvalue weighted by Gasteiger charge is -2.08. The van der Waals surface area contributed by atoms with Gasteiger partial charge in [0.1, 0.15) is 0 Å². The zero-order valence-electron chi connectivity index (χ0n) is 16.8. The van der Waals surface area contributed by atoms with E-state index in [0.717, 1.165) is 5.56 Å². The lowest BCUT2D eigenvalue weighted by molar-refractivity contribution is 0.174. The van der Waals surface area contributed by atoms with Crippen LogP contribution < -0.4 is 20.7 Å². The van der Waals surface area contributed by atoms with Crippen LogP contribution in [-0.2, 0) is 20.6 Å². The molecule has 0 spiro atoms. The van der Waals surface area contributed by atoms with Crippen molar-refractivity contribution in [3.63, 3.8) is 0 Å². The van der Waals surface area contributed by atoms with Gasteiger partial charge in [-0.05, 0) is 24.6 Å². The summed E-state index contributed by atoms with van der Waals surface area (Å²) in [6, 6.07) is 5.42. The molecule has 0 saturated heterocycles. The summed E-state index contributed by atoms with van der Waals surface area (Å²) in [5, 5.41) is 8.54. The number of rotatable bonds is 6. The van der Waals surface area contributed by atoms with Crippen molar-refractivity contribution in [2.24, 2.45) is 14.1 Å². The van der Waals surface area contributed by atoms with Crippen molar-refractivity contribution in [1.82, 2.24) is 28.9 Å². The fraction of sp³-hybridized carbons (Fsp3) is 0.316. The number of aromatic nitrogens is 6. The maximum atomic E-state index is 12.7.